The summed E-state index contributed by atoms with van der Waals surface area (Å²) in [6.45, 7) is 15.1. The molecule has 0 aliphatic carbocycles. The Hall–Kier alpha value is -4.36. The van der Waals surface area contributed by atoms with E-state index in [-0.39, 0.29) is 23.6 Å². The molecule has 41 heavy (non-hydrogen) atoms. The van der Waals surface area contributed by atoms with Crippen LogP contribution in [-0.2, 0) is 16.0 Å². The van der Waals surface area contributed by atoms with Crippen LogP contribution >= 0.6 is 0 Å². The lowest BCUT2D eigenvalue weighted by Gasteiger charge is -2.32. The van der Waals surface area contributed by atoms with Crippen LogP contribution in [0.15, 0.2) is 47.1 Å². The number of hydrogen-bond acceptors (Lipinski definition) is 9. The van der Waals surface area contributed by atoms with Crippen molar-refractivity contribution in [3.05, 3.63) is 53.2 Å². The molecule has 10 heteroatoms. The van der Waals surface area contributed by atoms with Crippen LogP contribution in [0.3, 0.4) is 0 Å². The SMILES string of the molecule is C#C.C/C=C1/CCN(c2cnc(OCCNC(C)(C)C)c(O)c2C)C/C1=N/CNc1ccc(CC(=O)O)cc1.C=O. The fourth-order valence-electron chi connectivity index (χ4n) is 4.13. The first-order valence-electron chi connectivity index (χ1n) is 13.2. The third-order valence-corrected chi connectivity index (χ3v) is 6.16. The number of hydrogen-bond donors (Lipinski definition) is 4. The summed E-state index contributed by atoms with van der Waals surface area (Å²) in [5.74, 6) is -0.533. The van der Waals surface area contributed by atoms with Gasteiger partial charge in [-0.15, -0.1) is 12.8 Å². The van der Waals surface area contributed by atoms with Gasteiger partial charge in [-0.05, 0) is 64.3 Å². The maximum Gasteiger partial charge on any atom is 0.307 e. The summed E-state index contributed by atoms with van der Waals surface area (Å²) in [6, 6.07) is 7.34. The Labute approximate surface area is 243 Å². The van der Waals surface area contributed by atoms with Crippen LogP contribution in [0, 0.1) is 19.8 Å². The van der Waals surface area contributed by atoms with Gasteiger partial charge in [0.2, 0.25) is 0 Å². The molecule has 1 aliphatic heterocycles. The summed E-state index contributed by atoms with van der Waals surface area (Å²) < 4.78 is 5.72. The second kappa shape index (κ2) is 17.4. The zero-order chi connectivity index (χ0) is 31.0. The standard InChI is InChI=1S/C28H39N5O4.C2H2.CH2O/c1-6-21-11-13-33(17-23(21)31-18-30-22-9-7-20(8-10-22)15-25(34)35)24-16-29-27(26(36)19(24)2)37-14-12-32-28(3,4)5;2*1-2/h6-10,16,30,32,36H,11-15,17-18H2,1-5H3,(H,34,35);1-2H;1H2/b21-6-,31-23-;;. The zero-order valence-corrected chi connectivity index (χ0v) is 24.7. The first-order chi connectivity index (χ1) is 19.6. The second-order valence-electron chi connectivity index (χ2n) is 10.1. The van der Waals surface area contributed by atoms with Gasteiger partial charge < -0.3 is 35.3 Å². The van der Waals surface area contributed by atoms with Gasteiger partial charge in [0, 0.05) is 29.9 Å². The van der Waals surface area contributed by atoms with Gasteiger partial charge in [0.15, 0.2) is 5.75 Å². The van der Waals surface area contributed by atoms with Crippen molar-refractivity contribution >= 4 is 29.8 Å². The van der Waals surface area contributed by atoms with Crippen molar-refractivity contribution in [2.75, 3.05) is 43.1 Å². The number of carbonyl (C=O) groups excluding carboxylic acids is 1. The average Bonchev–Trinajstić information content (AvgIpc) is 2.95. The van der Waals surface area contributed by atoms with Gasteiger partial charge in [-0.25, -0.2) is 4.98 Å². The number of carboxylic acids is 1. The summed E-state index contributed by atoms with van der Waals surface area (Å²) in [7, 11) is 0. The van der Waals surface area contributed by atoms with E-state index in [4.69, 9.17) is 19.6 Å². The highest BCUT2D eigenvalue weighted by atomic mass is 16.5. The van der Waals surface area contributed by atoms with Crippen molar-refractivity contribution in [3.63, 3.8) is 0 Å². The van der Waals surface area contributed by atoms with Crippen molar-refractivity contribution in [2.24, 2.45) is 4.99 Å². The van der Waals surface area contributed by atoms with Crippen molar-refractivity contribution in [1.82, 2.24) is 10.3 Å². The highest BCUT2D eigenvalue weighted by molar-refractivity contribution is 6.04. The second-order valence-corrected chi connectivity index (χ2v) is 10.1. The van der Waals surface area contributed by atoms with E-state index in [1.54, 1.807) is 18.3 Å². The summed E-state index contributed by atoms with van der Waals surface area (Å²) in [5.41, 5.74) is 5.42. The molecule has 4 N–H and O–H groups in total. The van der Waals surface area contributed by atoms with Gasteiger partial charge in [0.05, 0.1) is 30.6 Å². The number of nitrogens with one attached hydrogen (secondary N) is 2. The largest absolute Gasteiger partial charge is 0.503 e. The van der Waals surface area contributed by atoms with Crippen LogP contribution in [0.5, 0.6) is 11.6 Å². The molecule has 1 aromatic carbocycles. The van der Waals surface area contributed by atoms with Gasteiger partial charge in [-0.1, -0.05) is 18.2 Å². The lowest BCUT2D eigenvalue weighted by atomic mass is 10.0. The van der Waals surface area contributed by atoms with Crippen LogP contribution in [0.25, 0.3) is 0 Å². The number of carboxylic acid groups (broad SMARTS) is 1. The lowest BCUT2D eigenvalue weighted by Crippen LogP contribution is -2.38. The zero-order valence-electron chi connectivity index (χ0n) is 24.7. The number of pyridine rings is 1. The minimum Gasteiger partial charge on any atom is -0.503 e. The molecule has 0 saturated carbocycles. The van der Waals surface area contributed by atoms with E-state index in [1.165, 1.54) is 5.57 Å². The van der Waals surface area contributed by atoms with Crippen LogP contribution in [0.4, 0.5) is 11.4 Å². The summed E-state index contributed by atoms with van der Waals surface area (Å²) in [5, 5.41) is 26.3. The van der Waals surface area contributed by atoms with E-state index < -0.39 is 5.97 Å². The number of nitrogens with zero attached hydrogens (tertiary/aromatic N) is 3. The fraction of sp³-hybridized carbons (Fsp3) is 0.419. The summed E-state index contributed by atoms with van der Waals surface area (Å²) in [6.07, 6.45) is 12.7. The molecule has 222 valence electrons. The number of ether oxygens (including phenoxy) is 1. The fourth-order valence-corrected chi connectivity index (χ4v) is 4.13. The number of piperidine rings is 1. The number of aromatic nitrogens is 1. The van der Waals surface area contributed by atoms with E-state index in [0.29, 0.717) is 26.4 Å². The van der Waals surface area contributed by atoms with E-state index in [1.807, 2.05) is 32.8 Å². The minimum absolute atomic E-state index is 0.0000152. The van der Waals surface area contributed by atoms with Gasteiger partial charge >= 0.3 is 5.97 Å². The molecule has 0 amide bonds. The normalized spacial score (nSPS) is 14.9. The highest BCUT2D eigenvalue weighted by Gasteiger charge is 2.23. The predicted octanol–water partition coefficient (Wildman–Crippen LogP) is 4.22. The lowest BCUT2D eigenvalue weighted by molar-refractivity contribution is -0.136. The molecule has 1 aliphatic rings. The Morgan fingerprint density at radius 3 is 2.49 bits per heavy atom. The molecule has 2 heterocycles. The highest BCUT2D eigenvalue weighted by Crippen LogP contribution is 2.35. The summed E-state index contributed by atoms with van der Waals surface area (Å²) >= 11 is 0. The maximum atomic E-state index is 10.9. The van der Waals surface area contributed by atoms with Crippen molar-refractivity contribution < 1.29 is 24.5 Å². The number of aliphatic imine (C=N–C) groups is 1. The molecule has 3 rings (SSSR count). The maximum absolute atomic E-state index is 10.9. The number of benzene rings is 1. The summed E-state index contributed by atoms with van der Waals surface area (Å²) in [4.78, 5) is 30.2. The first-order valence-corrected chi connectivity index (χ1v) is 13.2. The van der Waals surface area contributed by atoms with E-state index in [0.717, 1.165) is 41.2 Å². The van der Waals surface area contributed by atoms with Crippen molar-refractivity contribution in [2.45, 2.75) is 53.0 Å². The molecule has 10 nitrogen and oxygen atoms in total. The predicted molar refractivity (Wildman–Crippen MR) is 165 cm³/mol. The van der Waals surface area contributed by atoms with Crippen LogP contribution in [0.1, 0.15) is 45.2 Å². The molecule has 1 saturated heterocycles. The van der Waals surface area contributed by atoms with E-state index >= 15 is 0 Å². The number of aromatic hydroxyl groups is 1. The van der Waals surface area contributed by atoms with Crippen LogP contribution in [0.2, 0.25) is 0 Å². The van der Waals surface area contributed by atoms with Crippen molar-refractivity contribution in [1.29, 1.82) is 0 Å². The number of aliphatic carboxylic acids is 1. The third kappa shape index (κ3) is 11.3. The van der Waals surface area contributed by atoms with E-state index in [2.05, 4.69) is 60.2 Å². The molecule has 0 spiro atoms. The number of anilines is 2. The smallest absolute Gasteiger partial charge is 0.307 e. The molecule has 0 radical (unpaired) electrons. The third-order valence-electron chi connectivity index (χ3n) is 6.16. The quantitative estimate of drug-likeness (QED) is 0.247. The van der Waals surface area contributed by atoms with Crippen molar-refractivity contribution in [3.8, 4) is 24.5 Å². The van der Waals surface area contributed by atoms with Gasteiger partial charge in [0.1, 0.15) is 20.1 Å². The molecular weight excluding hydrogens is 522 g/mol. The number of carbonyl (C=O) groups is 2. The van der Waals surface area contributed by atoms with Gasteiger partial charge in [0.25, 0.3) is 5.88 Å². The average molecular weight is 566 g/mol. The number of rotatable bonds is 10. The topological polar surface area (TPSA) is 136 Å². The Morgan fingerprint density at radius 1 is 1.24 bits per heavy atom. The Balaban J connectivity index is 0.00000201. The number of allylic oxidation sites excluding steroid dienone is 1. The molecule has 0 atom stereocenters. The van der Waals surface area contributed by atoms with Crippen LogP contribution < -0.4 is 20.3 Å². The Kier molecular flexibility index (Phi) is 14.7. The monoisotopic (exact) mass is 565 g/mol. The molecule has 1 fully saturated rings. The minimum atomic E-state index is -0.845. The van der Waals surface area contributed by atoms with Gasteiger partial charge in [-0.2, -0.15) is 0 Å². The first kappa shape index (κ1) is 34.7. The Morgan fingerprint density at radius 2 is 1.90 bits per heavy atom. The Bertz CT molecular complexity index is 1200. The molecule has 1 aromatic heterocycles. The van der Waals surface area contributed by atoms with E-state index in [9.17, 15) is 9.90 Å². The molecular formula is C31H43N5O5. The van der Waals surface area contributed by atoms with Gasteiger partial charge in [-0.3, -0.25) is 9.79 Å². The molecule has 2 aromatic rings. The molecule has 0 bridgehead atoms. The van der Waals surface area contributed by atoms with Crippen LogP contribution in [-0.4, -0.2) is 72.1 Å². The molecule has 0 unspecified atom stereocenters. The number of terminal acetylenes is 1.